The van der Waals surface area contributed by atoms with Crippen molar-refractivity contribution >= 4 is 21.6 Å². The summed E-state index contributed by atoms with van der Waals surface area (Å²) in [4.78, 5) is 13.8. The number of nitrogens with zero attached hydrogens (tertiary/aromatic N) is 2. The molecule has 1 aliphatic heterocycles. The fourth-order valence-electron chi connectivity index (χ4n) is 3.54. The molecule has 1 heterocycles. The molecule has 26 heavy (non-hydrogen) atoms. The van der Waals surface area contributed by atoms with Gasteiger partial charge in [0.2, 0.25) is 15.9 Å². The highest BCUT2D eigenvalue weighted by Gasteiger charge is 2.31. The SMILES string of the molecule is CC(=O)N1c2ccc(S(=O)(=O)N(C)Cc3ccccc3C)cc2CC1C. The number of fused-ring (bicyclic) bond motifs is 1. The minimum absolute atomic E-state index is 0.0245. The van der Waals surface area contributed by atoms with E-state index in [2.05, 4.69) is 0 Å². The second kappa shape index (κ2) is 6.85. The number of amides is 1. The average molecular weight is 372 g/mol. The second-order valence-corrected chi connectivity index (χ2v) is 8.97. The number of carbonyl (C=O) groups is 1. The molecule has 0 saturated heterocycles. The summed E-state index contributed by atoms with van der Waals surface area (Å²) < 4.78 is 27.4. The van der Waals surface area contributed by atoms with Crippen molar-refractivity contribution in [2.24, 2.45) is 0 Å². The largest absolute Gasteiger partial charge is 0.309 e. The van der Waals surface area contributed by atoms with Crippen molar-refractivity contribution in [3.05, 3.63) is 59.2 Å². The molecule has 0 N–H and O–H groups in total. The Hall–Kier alpha value is -2.18. The van der Waals surface area contributed by atoms with Crippen molar-refractivity contribution in [1.29, 1.82) is 0 Å². The van der Waals surface area contributed by atoms with E-state index in [1.54, 1.807) is 30.1 Å². The first-order valence-corrected chi connectivity index (χ1v) is 10.1. The van der Waals surface area contributed by atoms with Crippen LogP contribution in [0.1, 0.15) is 30.5 Å². The van der Waals surface area contributed by atoms with Gasteiger partial charge in [-0.1, -0.05) is 24.3 Å². The van der Waals surface area contributed by atoms with Gasteiger partial charge in [0, 0.05) is 32.2 Å². The molecule has 0 fully saturated rings. The van der Waals surface area contributed by atoms with Gasteiger partial charge in [0.1, 0.15) is 0 Å². The molecule has 1 atom stereocenters. The molecule has 1 amide bonds. The van der Waals surface area contributed by atoms with Crippen molar-refractivity contribution < 1.29 is 13.2 Å². The molecule has 0 radical (unpaired) electrons. The highest BCUT2D eigenvalue weighted by Crippen LogP contribution is 2.34. The van der Waals surface area contributed by atoms with Crippen molar-refractivity contribution in [3.8, 4) is 0 Å². The van der Waals surface area contributed by atoms with Crippen LogP contribution in [-0.2, 0) is 27.8 Å². The zero-order valence-corrected chi connectivity index (χ0v) is 16.4. The summed E-state index contributed by atoms with van der Waals surface area (Å²) in [5.41, 5.74) is 3.76. The summed E-state index contributed by atoms with van der Waals surface area (Å²) in [6.45, 7) is 5.80. The second-order valence-electron chi connectivity index (χ2n) is 6.92. The average Bonchev–Trinajstić information content (AvgIpc) is 2.91. The molecule has 2 aromatic rings. The molecular weight excluding hydrogens is 348 g/mol. The van der Waals surface area contributed by atoms with Crippen LogP contribution >= 0.6 is 0 Å². The third kappa shape index (κ3) is 3.27. The minimum atomic E-state index is -3.60. The van der Waals surface area contributed by atoms with Crippen LogP contribution < -0.4 is 4.90 Å². The fourth-order valence-corrected chi connectivity index (χ4v) is 4.74. The number of hydrogen-bond donors (Lipinski definition) is 0. The van der Waals surface area contributed by atoms with Gasteiger partial charge >= 0.3 is 0 Å². The number of carbonyl (C=O) groups excluding carboxylic acids is 1. The lowest BCUT2D eigenvalue weighted by Gasteiger charge is -2.21. The lowest BCUT2D eigenvalue weighted by atomic mass is 10.1. The van der Waals surface area contributed by atoms with E-state index in [0.29, 0.717) is 13.0 Å². The van der Waals surface area contributed by atoms with Gasteiger partial charge in [-0.3, -0.25) is 4.79 Å². The zero-order valence-electron chi connectivity index (χ0n) is 15.6. The number of rotatable bonds is 4. The Bertz CT molecular complexity index is 953. The van der Waals surface area contributed by atoms with E-state index in [1.165, 1.54) is 11.2 Å². The van der Waals surface area contributed by atoms with Crippen molar-refractivity contribution in [2.45, 2.75) is 44.7 Å². The maximum atomic E-state index is 13.0. The third-order valence-electron chi connectivity index (χ3n) is 4.97. The maximum absolute atomic E-state index is 13.0. The van der Waals surface area contributed by atoms with Crippen molar-refractivity contribution in [3.63, 3.8) is 0 Å². The molecule has 5 nitrogen and oxygen atoms in total. The molecule has 0 saturated carbocycles. The van der Waals surface area contributed by atoms with Crippen LogP contribution in [-0.4, -0.2) is 31.7 Å². The molecule has 0 bridgehead atoms. The van der Waals surface area contributed by atoms with Gasteiger partial charge in [-0.25, -0.2) is 8.42 Å². The normalized spacial score (nSPS) is 16.8. The van der Waals surface area contributed by atoms with Crippen LogP contribution in [0.15, 0.2) is 47.4 Å². The Kier molecular flexibility index (Phi) is 4.90. The van der Waals surface area contributed by atoms with E-state index >= 15 is 0 Å². The van der Waals surface area contributed by atoms with Crippen LogP contribution in [0.3, 0.4) is 0 Å². The Morgan fingerprint density at radius 1 is 1.23 bits per heavy atom. The van der Waals surface area contributed by atoms with Gasteiger partial charge in [-0.15, -0.1) is 0 Å². The summed E-state index contributed by atoms with van der Waals surface area (Å²) in [5.74, 6) is -0.0245. The van der Waals surface area contributed by atoms with Crippen LogP contribution in [0.5, 0.6) is 0 Å². The van der Waals surface area contributed by atoms with E-state index in [-0.39, 0.29) is 16.8 Å². The van der Waals surface area contributed by atoms with Gasteiger partial charge in [0.15, 0.2) is 0 Å². The first-order valence-electron chi connectivity index (χ1n) is 8.65. The zero-order chi connectivity index (χ0) is 19.1. The van der Waals surface area contributed by atoms with E-state index in [4.69, 9.17) is 0 Å². The van der Waals surface area contributed by atoms with Crippen LogP contribution in [0.4, 0.5) is 5.69 Å². The molecule has 0 aromatic heterocycles. The number of benzene rings is 2. The van der Waals surface area contributed by atoms with Crippen LogP contribution in [0, 0.1) is 6.92 Å². The highest BCUT2D eigenvalue weighted by atomic mass is 32.2. The predicted octanol–water partition coefficient (Wildman–Crippen LogP) is 3.11. The number of aryl methyl sites for hydroxylation is 1. The summed E-state index contributed by atoms with van der Waals surface area (Å²) in [6, 6.07) is 12.9. The van der Waals surface area contributed by atoms with Gasteiger partial charge in [-0.05, 0) is 55.2 Å². The molecule has 138 valence electrons. The van der Waals surface area contributed by atoms with E-state index in [9.17, 15) is 13.2 Å². The maximum Gasteiger partial charge on any atom is 0.243 e. The van der Waals surface area contributed by atoms with Gasteiger partial charge < -0.3 is 4.90 Å². The van der Waals surface area contributed by atoms with Crippen molar-refractivity contribution in [2.75, 3.05) is 11.9 Å². The Morgan fingerprint density at radius 2 is 1.92 bits per heavy atom. The molecule has 0 aliphatic carbocycles. The van der Waals surface area contributed by atoms with Crippen molar-refractivity contribution in [1.82, 2.24) is 4.31 Å². The van der Waals surface area contributed by atoms with E-state index < -0.39 is 10.0 Å². The molecule has 0 spiro atoms. The monoisotopic (exact) mass is 372 g/mol. The number of sulfonamides is 1. The third-order valence-corrected chi connectivity index (χ3v) is 6.77. The summed E-state index contributed by atoms with van der Waals surface area (Å²) in [6.07, 6.45) is 0.666. The molecule has 1 aliphatic rings. The Morgan fingerprint density at radius 3 is 2.58 bits per heavy atom. The quantitative estimate of drug-likeness (QED) is 0.829. The molecule has 1 unspecified atom stereocenters. The lowest BCUT2D eigenvalue weighted by molar-refractivity contribution is -0.116. The smallest absolute Gasteiger partial charge is 0.243 e. The number of anilines is 1. The molecular formula is C20H24N2O3S. The first kappa shape index (κ1) is 18.6. The fraction of sp³-hybridized carbons (Fsp3) is 0.350. The molecule has 2 aromatic carbocycles. The summed E-state index contributed by atoms with van der Waals surface area (Å²) in [5, 5.41) is 0. The Labute approximate surface area is 155 Å². The van der Waals surface area contributed by atoms with E-state index in [1.807, 2.05) is 38.1 Å². The summed E-state index contributed by atoms with van der Waals surface area (Å²) in [7, 11) is -2.00. The van der Waals surface area contributed by atoms with Crippen LogP contribution in [0.25, 0.3) is 0 Å². The molecule has 6 heteroatoms. The number of hydrogen-bond acceptors (Lipinski definition) is 3. The first-order chi connectivity index (χ1) is 12.2. The topological polar surface area (TPSA) is 57.7 Å². The van der Waals surface area contributed by atoms with Gasteiger partial charge in [0.05, 0.1) is 4.90 Å². The predicted molar refractivity (Wildman–Crippen MR) is 103 cm³/mol. The highest BCUT2D eigenvalue weighted by molar-refractivity contribution is 7.89. The van der Waals surface area contributed by atoms with Crippen LogP contribution in [0.2, 0.25) is 0 Å². The summed E-state index contributed by atoms with van der Waals surface area (Å²) >= 11 is 0. The minimum Gasteiger partial charge on any atom is -0.309 e. The standard InChI is InChI=1S/C20H24N2O3S/c1-14-7-5-6-8-17(14)13-21(4)26(24,25)19-9-10-20-18(12-19)11-15(2)22(20)16(3)23/h5-10,12,15H,11,13H2,1-4H3. The Balaban J connectivity index is 1.90. The van der Waals surface area contributed by atoms with Gasteiger partial charge in [-0.2, -0.15) is 4.31 Å². The van der Waals surface area contributed by atoms with Gasteiger partial charge in [0.25, 0.3) is 0 Å². The van der Waals surface area contributed by atoms with E-state index in [0.717, 1.165) is 22.4 Å². The molecule has 3 rings (SSSR count). The lowest BCUT2D eigenvalue weighted by Crippen LogP contribution is -2.33.